The summed E-state index contributed by atoms with van der Waals surface area (Å²) < 4.78 is 5.31. The lowest BCUT2D eigenvalue weighted by molar-refractivity contribution is -0.139. The molecule has 3 rings (SSSR count). The van der Waals surface area contributed by atoms with Gasteiger partial charge in [0.25, 0.3) is 0 Å². The summed E-state index contributed by atoms with van der Waals surface area (Å²) in [6.45, 7) is 4.16. The third kappa shape index (κ3) is 3.79. The van der Waals surface area contributed by atoms with E-state index in [9.17, 15) is 9.90 Å². The summed E-state index contributed by atoms with van der Waals surface area (Å²) in [5.74, 6) is -0.400. The van der Waals surface area contributed by atoms with E-state index in [1.807, 2.05) is 54.6 Å². The van der Waals surface area contributed by atoms with E-state index in [4.69, 9.17) is 4.74 Å². The molecule has 0 aliphatic carbocycles. The molecule has 0 saturated carbocycles. The van der Waals surface area contributed by atoms with Crippen LogP contribution < -0.4 is 10.6 Å². The van der Waals surface area contributed by atoms with Gasteiger partial charge >= 0.3 is 5.97 Å². The van der Waals surface area contributed by atoms with Gasteiger partial charge in [-0.2, -0.15) is 0 Å². The Balaban J connectivity index is 2.12. The molecule has 136 valence electrons. The van der Waals surface area contributed by atoms with Crippen molar-refractivity contribution in [1.29, 1.82) is 0 Å². The fourth-order valence-electron chi connectivity index (χ4n) is 3.12. The summed E-state index contributed by atoms with van der Waals surface area (Å²) in [5, 5.41) is 16.3. The molecule has 2 aromatic rings. The summed E-state index contributed by atoms with van der Waals surface area (Å²) >= 11 is 0. The smallest absolute Gasteiger partial charge is 0.338 e. The molecule has 0 radical (unpaired) electrons. The monoisotopic (exact) mass is 352 g/mol. The second-order valence-corrected chi connectivity index (χ2v) is 6.12. The zero-order chi connectivity index (χ0) is 18.5. The molecule has 0 spiro atoms. The molecule has 0 bridgehead atoms. The number of hydrogen-bond donors (Lipinski definition) is 3. The Hall–Kier alpha value is -2.63. The van der Waals surface area contributed by atoms with E-state index < -0.39 is 18.4 Å². The van der Waals surface area contributed by atoms with Crippen LogP contribution in [0.15, 0.2) is 60.2 Å². The first-order valence-corrected chi connectivity index (χ1v) is 8.90. The topological polar surface area (TPSA) is 70.6 Å². The number of carbonyl (C=O) groups is 1. The van der Waals surface area contributed by atoms with Gasteiger partial charge in [-0.1, -0.05) is 61.5 Å². The van der Waals surface area contributed by atoms with Gasteiger partial charge in [0, 0.05) is 0 Å². The number of ether oxygens (including phenoxy) is 1. The lowest BCUT2D eigenvalue weighted by atomic mass is 9.92. The van der Waals surface area contributed by atoms with Gasteiger partial charge in [0.1, 0.15) is 0 Å². The Kier molecular flexibility index (Phi) is 5.71. The summed E-state index contributed by atoms with van der Waals surface area (Å²) in [4.78, 5) is 12.8. The Morgan fingerprint density at radius 1 is 1.08 bits per heavy atom. The average molecular weight is 352 g/mol. The second kappa shape index (κ2) is 8.17. The van der Waals surface area contributed by atoms with Crippen LogP contribution in [0.5, 0.6) is 0 Å². The van der Waals surface area contributed by atoms with Gasteiger partial charge in [0.2, 0.25) is 0 Å². The number of benzene rings is 2. The standard InChI is InChI=1S/C21H24N2O3/c1-3-14-10-12-16(13-11-14)19-17(20(24)26-4-2)18(22-21(25)23-19)15-8-6-5-7-9-15/h5-13,19,21-23,25H,3-4H2,1-2H3. The maximum absolute atomic E-state index is 12.8. The highest BCUT2D eigenvalue weighted by Crippen LogP contribution is 2.32. The van der Waals surface area contributed by atoms with Crippen LogP contribution >= 0.6 is 0 Å². The first kappa shape index (κ1) is 18.2. The zero-order valence-electron chi connectivity index (χ0n) is 15.0. The summed E-state index contributed by atoms with van der Waals surface area (Å²) in [5.41, 5.74) is 3.99. The Bertz CT molecular complexity index is 785. The summed E-state index contributed by atoms with van der Waals surface area (Å²) in [7, 11) is 0. The maximum atomic E-state index is 12.8. The van der Waals surface area contributed by atoms with Gasteiger partial charge in [-0.25, -0.2) is 4.79 Å². The van der Waals surface area contributed by atoms with Crippen LogP contribution in [0.3, 0.4) is 0 Å². The molecular weight excluding hydrogens is 328 g/mol. The molecule has 5 heteroatoms. The number of esters is 1. The number of hydrogen-bond acceptors (Lipinski definition) is 5. The molecule has 1 aliphatic rings. The molecule has 2 aromatic carbocycles. The fourth-order valence-corrected chi connectivity index (χ4v) is 3.12. The molecule has 0 amide bonds. The number of aliphatic hydroxyl groups is 1. The van der Waals surface area contributed by atoms with Crippen molar-refractivity contribution in [2.45, 2.75) is 32.7 Å². The van der Waals surface area contributed by atoms with Crippen LogP contribution in [-0.2, 0) is 16.0 Å². The van der Waals surface area contributed by atoms with Crippen molar-refractivity contribution in [2.75, 3.05) is 6.61 Å². The number of nitrogens with one attached hydrogen (secondary N) is 2. The molecule has 5 nitrogen and oxygen atoms in total. The Morgan fingerprint density at radius 3 is 2.38 bits per heavy atom. The predicted octanol–water partition coefficient (Wildman–Crippen LogP) is 2.73. The van der Waals surface area contributed by atoms with E-state index in [-0.39, 0.29) is 6.61 Å². The molecular formula is C21H24N2O3. The Morgan fingerprint density at radius 2 is 1.77 bits per heavy atom. The molecule has 0 fully saturated rings. The van der Waals surface area contributed by atoms with Gasteiger partial charge in [0.15, 0.2) is 6.35 Å². The van der Waals surface area contributed by atoms with Crippen LogP contribution in [-0.4, -0.2) is 24.0 Å². The van der Waals surface area contributed by atoms with Crippen molar-refractivity contribution in [2.24, 2.45) is 0 Å². The van der Waals surface area contributed by atoms with Gasteiger partial charge in [-0.3, -0.25) is 5.32 Å². The van der Waals surface area contributed by atoms with Crippen molar-refractivity contribution in [3.8, 4) is 0 Å². The van der Waals surface area contributed by atoms with Gasteiger partial charge < -0.3 is 15.2 Å². The lowest BCUT2D eigenvalue weighted by Crippen LogP contribution is -2.49. The molecule has 2 unspecified atom stereocenters. The normalized spacial score (nSPS) is 19.8. The van der Waals surface area contributed by atoms with Crippen LogP contribution in [0, 0.1) is 0 Å². The van der Waals surface area contributed by atoms with Crippen molar-refractivity contribution in [3.63, 3.8) is 0 Å². The largest absolute Gasteiger partial charge is 0.463 e. The van der Waals surface area contributed by atoms with E-state index in [0.29, 0.717) is 11.3 Å². The third-order valence-corrected chi connectivity index (χ3v) is 4.44. The van der Waals surface area contributed by atoms with Crippen LogP contribution in [0.25, 0.3) is 5.70 Å². The van der Waals surface area contributed by atoms with Gasteiger partial charge in [0.05, 0.1) is 23.9 Å². The number of aryl methyl sites for hydroxylation is 1. The third-order valence-electron chi connectivity index (χ3n) is 4.44. The SMILES string of the molecule is CCOC(=O)C1=C(c2ccccc2)NC(O)NC1c1ccc(CC)cc1. The van der Waals surface area contributed by atoms with E-state index in [2.05, 4.69) is 17.6 Å². The van der Waals surface area contributed by atoms with Crippen molar-refractivity contribution >= 4 is 11.7 Å². The Labute approximate surface area is 153 Å². The summed E-state index contributed by atoms with van der Waals surface area (Å²) in [6.07, 6.45) is -0.0301. The number of aliphatic hydroxyl groups excluding tert-OH is 1. The van der Waals surface area contributed by atoms with E-state index in [0.717, 1.165) is 17.5 Å². The molecule has 1 aliphatic heterocycles. The van der Waals surface area contributed by atoms with Crippen LogP contribution in [0.4, 0.5) is 0 Å². The number of rotatable bonds is 5. The minimum Gasteiger partial charge on any atom is -0.463 e. The minimum atomic E-state index is -0.973. The minimum absolute atomic E-state index is 0.286. The van der Waals surface area contributed by atoms with E-state index in [1.54, 1.807) is 6.92 Å². The average Bonchev–Trinajstić information content (AvgIpc) is 2.68. The van der Waals surface area contributed by atoms with E-state index in [1.165, 1.54) is 5.56 Å². The highest BCUT2D eigenvalue weighted by Gasteiger charge is 2.34. The first-order chi connectivity index (χ1) is 12.6. The van der Waals surface area contributed by atoms with Gasteiger partial charge in [-0.05, 0) is 30.0 Å². The van der Waals surface area contributed by atoms with Crippen LogP contribution in [0.1, 0.15) is 36.6 Å². The summed E-state index contributed by atoms with van der Waals surface area (Å²) in [6, 6.07) is 17.1. The van der Waals surface area contributed by atoms with Crippen molar-refractivity contribution in [1.82, 2.24) is 10.6 Å². The van der Waals surface area contributed by atoms with E-state index >= 15 is 0 Å². The fraction of sp³-hybridized carbons (Fsp3) is 0.286. The first-order valence-electron chi connectivity index (χ1n) is 8.90. The number of carbonyl (C=O) groups excluding carboxylic acids is 1. The van der Waals surface area contributed by atoms with Gasteiger partial charge in [-0.15, -0.1) is 0 Å². The highest BCUT2D eigenvalue weighted by molar-refractivity contribution is 5.99. The van der Waals surface area contributed by atoms with Crippen molar-refractivity contribution in [3.05, 3.63) is 76.9 Å². The maximum Gasteiger partial charge on any atom is 0.338 e. The quantitative estimate of drug-likeness (QED) is 0.722. The predicted molar refractivity (Wildman–Crippen MR) is 101 cm³/mol. The molecule has 1 heterocycles. The molecule has 3 N–H and O–H groups in total. The molecule has 0 aromatic heterocycles. The zero-order valence-corrected chi connectivity index (χ0v) is 15.0. The van der Waals surface area contributed by atoms with Crippen molar-refractivity contribution < 1.29 is 14.6 Å². The second-order valence-electron chi connectivity index (χ2n) is 6.12. The lowest BCUT2D eigenvalue weighted by Gasteiger charge is -2.33. The van der Waals surface area contributed by atoms with Crippen LogP contribution in [0.2, 0.25) is 0 Å². The molecule has 0 saturated heterocycles. The molecule has 2 atom stereocenters. The highest BCUT2D eigenvalue weighted by atomic mass is 16.5. The molecule has 26 heavy (non-hydrogen) atoms.